The first-order chi connectivity index (χ1) is 31.7. The van der Waals surface area contributed by atoms with Gasteiger partial charge in [0, 0.05) is 21.7 Å². The molecule has 0 atom stereocenters. The van der Waals surface area contributed by atoms with Gasteiger partial charge in [0.05, 0.1) is 0 Å². The zero-order valence-corrected chi connectivity index (χ0v) is 39.2. The Balaban J connectivity index is 0.957. The van der Waals surface area contributed by atoms with Crippen LogP contribution in [0.15, 0.2) is 170 Å². The number of fused-ring (bicyclic) bond motifs is 17. The van der Waals surface area contributed by atoms with Gasteiger partial charge in [0.25, 0.3) is 0 Å². The largest absolute Gasteiger partial charge is 0.0619 e. The van der Waals surface area contributed by atoms with E-state index in [0.29, 0.717) is 0 Å². The molecule has 0 heteroatoms. The smallest absolute Gasteiger partial charge is 0.0159 e. The van der Waals surface area contributed by atoms with Crippen molar-refractivity contribution in [2.75, 3.05) is 0 Å². The summed E-state index contributed by atoms with van der Waals surface area (Å²) in [5.74, 6) is 0. The van der Waals surface area contributed by atoms with Gasteiger partial charge in [-0.1, -0.05) is 177 Å². The van der Waals surface area contributed by atoms with E-state index in [2.05, 4.69) is 225 Å². The molecule has 0 radical (unpaired) electrons. The summed E-state index contributed by atoms with van der Waals surface area (Å²) in [6.45, 7) is 19.3. The quantitative estimate of drug-likeness (QED) is 0.152. The highest BCUT2D eigenvalue weighted by Gasteiger charge is 2.43. The minimum atomic E-state index is -0.105. The highest BCUT2D eigenvalue weighted by Crippen LogP contribution is 2.59. The zero-order chi connectivity index (χ0) is 44.8. The predicted octanol–water partition coefficient (Wildman–Crippen LogP) is 17.7. The lowest BCUT2D eigenvalue weighted by atomic mass is 9.79. The van der Waals surface area contributed by atoms with Gasteiger partial charge in [-0.05, 0) is 192 Å². The SMILES string of the molecule is CC1(C)c2ccccc2-c2cc3c(cc21)-c1cc(-c2cc4cc(-c5ccc6c(c5)-c5cc7c(cc5C6(C)C)-c5ccccc5C7(C)C)c5ccccc5c4c4ccccc24)ccc1C3(C)C. The van der Waals surface area contributed by atoms with Crippen molar-refractivity contribution in [3.63, 3.8) is 0 Å². The predicted molar refractivity (Wildman–Crippen MR) is 280 cm³/mol. The molecule has 0 fully saturated rings. The van der Waals surface area contributed by atoms with Crippen molar-refractivity contribution in [3.8, 4) is 66.8 Å². The van der Waals surface area contributed by atoms with E-state index in [-0.39, 0.29) is 21.7 Å². The van der Waals surface area contributed by atoms with Gasteiger partial charge in [-0.2, -0.15) is 0 Å². The third-order valence-electron chi connectivity index (χ3n) is 17.2. The topological polar surface area (TPSA) is 0 Å². The molecule has 0 unspecified atom stereocenters. The van der Waals surface area contributed by atoms with Gasteiger partial charge in [-0.15, -0.1) is 0 Å². The number of benzene rings is 10. The fourth-order valence-corrected chi connectivity index (χ4v) is 13.7. The molecule has 316 valence electrons. The Labute approximate surface area is 388 Å². The van der Waals surface area contributed by atoms with Crippen LogP contribution in [0.4, 0.5) is 0 Å². The average Bonchev–Trinajstić information content (AvgIpc) is 3.89. The van der Waals surface area contributed by atoms with Crippen LogP contribution in [0, 0.1) is 0 Å². The van der Waals surface area contributed by atoms with Crippen LogP contribution >= 0.6 is 0 Å². The van der Waals surface area contributed by atoms with E-state index in [0.717, 1.165) is 0 Å². The first-order valence-corrected chi connectivity index (χ1v) is 24.0. The number of hydrogen-bond donors (Lipinski definition) is 0. The molecule has 0 N–H and O–H groups in total. The van der Waals surface area contributed by atoms with Crippen molar-refractivity contribution in [3.05, 3.63) is 214 Å². The maximum atomic E-state index is 2.54. The molecule has 10 aromatic carbocycles. The van der Waals surface area contributed by atoms with Crippen molar-refractivity contribution < 1.29 is 0 Å². The van der Waals surface area contributed by atoms with Gasteiger partial charge < -0.3 is 0 Å². The molecule has 0 saturated heterocycles. The Hall–Kier alpha value is -7.02. The summed E-state index contributed by atoms with van der Waals surface area (Å²) in [6, 6.07) is 66.1. The Kier molecular flexibility index (Phi) is 7.22. The summed E-state index contributed by atoms with van der Waals surface area (Å²) >= 11 is 0. The molecule has 0 nitrogen and oxygen atoms in total. The van der Waals surface area contributed by atoms with E-state index < -0.39 is 0 Å². The minimum Gasteiger partial charge on any atom is -0.0619 e. The first kappa shape index (κ1) is 38.3. The average molecular weight is 845 g/mol. The van der Waals surface area contributed by atoms with E-state index in [1.807, 2.05) is 0 Å². The van der Waals surface area contributed by atoms with Crippen molar-refractivity contribution >= 4 is 32.3 Å². The van der Waals surface area contributed by atoms with Crippen LogP contribution in [0.3, 0.4) is 0 Å². The van der Waals surface area contributed by atoms with E-state index in [4.69, 9.17) is 0 Å². The lowest BCUT2D eigenvalue weighted by Gasteiger charge is -2.24. The second-order valence-corrected chi connectivity index (χ2v) is 22.0. The van der Waals surface area contributed by atoms with E-state index in [1.54, 1.807) is 0 Å². The first-order valence-electron chi connectivity index (χ1n) is 24.0. The van der Waals surface area contributed by atoms with E-state index in [1.165, 1.54) is 144 Å². The van der Waals surface area contributed by atoms with Crippen molar-refractivity contribution in [2.24, 2.45) is 0 Å². The Morgan fingerprint density at radius 1 is 0.227 bits per heavy atom. The zero-order valence-electron chi connectivity index (χ0n) is 39.2. The van der Waals surface area contributed by atoms with Crippen molar-refractivity contribution in [1.29, 1.82) is 0 Å². The lowest BCUT2D eigenvalue weighted by molar-refractivity contribution is 0.652. The molecule has 0 bridgehead atoms. The fourth-order valence-electron chi connectivity index (χ4n) is 13.7. The van der Waals surface area contributed by atoms with Gasteiger partial charge in [-0.3, -0.25) is 0 Å². The summed E-state index contributed by atoms with van der Waals surface area (Å²) in [6.07, 6.45) is 0. The summed E-state index contributed by atoms with van der Waals surface area (Å²) in [7, 11) is 0. The molecule has 0 aliphatic heterocycles. The Morgan fingerprint density at radius 3 is 0.924 bits per heavy atom. The van der Waals surface area contributed by atoms with Gasteiger partial charge in [-0.25, -0.2) is 0 Å². The van der Waals surface area contributed by atoms with Crippen LogP contribution in [0.2, 0.25) is 0 Å². The van der Waals surface area contributed by atoms with Gasteiger partial charge >= 0.3 is 0 Å². The third-order valence-corrected chi connectivity index (χ3v) is 17.2. The van der Waals surface area contributed by atoms with E-state index in [9.17, 15) is 0 Å². The second-order valence-electron chi connectivity index (χ2n) is 22.0. The van der Waals surface area contributed by atoms with Gasteiger partial charge in [0.1, 0.15) is 0 Å². The van der Waals surface area contributed by atoms with Crippen molar-refractivity contribution in [1.82, 2.24) is 0 Å². The molecule has 0 saturated carbocycles. The van der Waals surface area contributed by atoms with Gasteiger partial charge in [0.2, 0.25) is 0 Å². The van der Waals surface area contributed by atoms with Crippen LogP contribution in [-0.2, 0) is 21.7 Å². The molecule has 66 heavy (non-hydrogen) atoms. The monoisotopic (exact) mass is 844 g/mol. The van der Waals surface area contributed by atoms with Crippen molar-refractivity contribution in [2.45, 2.75) is 77.0 Å². The summed E-state index contributed by atoms with van der Waals surface area (Å²) in [5.41, 5.74) is 27.2. The highest BCUT2D eigenvalue weighted by atomic mass is 14.5. The molecule has 0 amide bonds. The molecular formula is C66H52. The highest BCUT2D eigenvalue weighted by molar-refractivity contribution is 6.26. The molecule has 4 aliphatic rings. The standard InChI is InChI=1S/C66H52/c1-63(2)54-23-15-13-19-42(54)50-33-60-52(35-58(50)63)48-29-37(25-27-56(48)65(60,5)6)46-31-39-32-47(41-18-10-12-22-45(41)62(39)44-21-11-9-17-40(44)46)38-26-28-57-49(30-38)53-36-59-51(34-61(53)66(57,7)8)43-20-14-16-24-55(43)64(59,3)4/h9-36H,1-8H3. The van der Waals surface area contributed by atoms with Crippen LogP contribution in [0.25, 0.3) is 99.1 Å². The Morgan fingerprint density at radius 2 is 0.530 bits per heavy atom. The number of hydrogen-bond acceptors (Lipinski definition) is 0. The van der Waals surface area contributed by atoms with Gasteiger partial charge in [0.15, 0.2) is 0 Å². The minimum absolute atomic E-state index is 0.0531. The van der Waals surface area contributed by atoms with Crippen LogP contribution in [0.1, 0.15) is 99.9 Å². The molecule has 10 aromatic rings. The van der Waals surface area contributed by atoms with E-state index >= 15 is 0 Å². The lowest BCUT2D eigenvalue weighted by Crippen LogP contribution is -2.16. The molecular weight excluding hydrogens is 793 g/mol. The molecule has 14 rings (SSSR count). The summed E-state index contributed by atoms with van der Waals surface area (Å²) < 4.78 is 0. The van der Waals surface area contributed by atoms with Crippen LogP contribution in [0.5, 0.6) is 0 Å². The summed E-state index contributed by atoms with van der Waals surface area (Å²) in [5, 5.41) is 7.78. The van der Waals surface area contributed by atoms with Crippen LogP contribution < -0.4 is 0 Å². The Bertz CT molecular complexity index is 3610. The number of rotatable bonds is 2. The molecule has 0 aromatic heterocycles. The molecule has 4 aliphatic carbocycles. The fraction of sp³-hybridized carbons (Fsp3) is 0.182. The maximum Gasteiger partial charge on any atom is 0.0159 e. The van der Waals surface area contributed by atoms with Crippen LogP contribution in [-0.4, -0.2) is 0 Å². The maximum absolute atomic E-state index is 2.54. The second kappa shape index (κ2) is 12.4. The normalized spacial score (nSPS) is 16.7. The summed E-state index contributed by atoms with van der Waals surface area (Å²) in [4.78, 5) is 0. The third kappa shape index (κ3) is 4.70. The molecule has 0 spiro atoms. The molecule has 0 heterocycles.